The van der Waals surface area contributed by atoms with Crippen LogP contribution in [0.1, 0.15) is 40.2 Å². The monoisotopic (exact) mass is 277 g/mol. The number of carbonyl (C=O) groups excluding carboxylic acids is 1. The van der Waals surface area contributed by atoms with Crippen LogP contribution < -0.4 is 10.1 Å². The molecule has 3 heteroatoms. The molecule has 0 spiro atoms. The number of aryl methyl sites for hydroxylation is 1. The van der Waals surface area contributed by atoms with Gasteiger partial charge in [0.2, 0.25) is 0 Å². The van der Waals surface area contributed by atoms with Crippen LogP contribution in [0, 0.1) is 18.8 Å². The molecule has 0 aromatic heterocycles. The van der Waals surface area contributed by atoms with Gasteiger partial charge in [0.15, 0.2) is 6.10 Å². The summed E-state index contributed by atoms with van der Waals surface area (Å²) in [5.41, 5.74) is 1.12. The third-order valence-corrected chi connectivity index (χ3v) is 3.42. The number of amides is 1. The largest absolute Gasteiger partial charge is 0.481 e. The molecule has 1 amide bonds. The molecular weight excluding hydrogens is 250 g/mol. The van der Waals surface area contributed by atoms with Crippen LogP contribution >= 0.6 is 0 Å². The van der Waals surface area contributed by atoms with Crippen LogP contribution in [-0.4, -0.2) is 18.1 Å². The summed E-state index contributed by atoms with van der Waals surface area (Å²) in [4.78, 5) is 12.2. The molecule has 1 aromatic carbocycles. The topological polar surface area (TPSA) is 38.3 Å². The predicted octanol–water partition coefficient (Wildman–Crippen LogP) is 3.56. The molecule has 1 N–H and O–H groups in total. The van der Waals surface area contributed by atoms with E-state index in [1.807, 2.05) is 31.2 Å². The van der Waals surface area contributed by atoms with Gasteiger partial charge in [-0.1, -0.05) is 39.8 Å². The van der Waals surface area contributed by atoms with Gasteiger partial charge in [-0.25, -0.2) is 0 Å². The van der Waals surface area contributed by atoms with Crippen molar-refractivity contribution in [3.05, 3.63) is 29.8 Å². The standard InChI is InChI=1S/C17H27NO2/c1-11(2)16(12(3)4)18-17(19)14(6)20-15-9-7-8-13(5)10-15/h7-12,14,16H,1-6H3,(H,18,19)/t14-/m1/s1. The molecule has 3 nitrogen and oxygen atoms in total. The van der Waals surface area contributed by atoms with Crippen molar-refractivity contribution in [2.24, 2.45) is 11.8 Å². The normalized spacial score (nSPS) is 12.8. The molecule has 0 bridgehead atoms. The lowest BCUT2D eigenvalue weighted by Crippen LogP contribution is -2.47. The van der Waals surface area contributed by atoms with Crippen LogP contribution in [0.4, 0.5) is 0 Å². The average Bonchev–Trinajstić information content (AvgIpc) is 2.34. The van der Waals surface area contributed by atoms with Crippen molar-refractivity contribution in [2.75, 3.05) is 0 Å². The average molecular weight is 277 g/mol. The van der Waals surface area contributed by atoms with Crippen LogP contribution in [0.5, 0.6) is 5.75 Å². The van der Waals surface area contributed by atoms with E-state index in [4.69, 9.17) is 4.74 Å². The number of nitrogens with one attached hydrogen (secondary N) is 1. The SMILES string of the molecule is Cc1cccc(O[C@H](C)C(=O)NC(C(C)C)C(C)C)c1. The van der Waals surface area contributed by atoms with E-state index in [0.717, 1.165) is 11.3 Å². The summed E-state index contributed by atoms with van der Waals surface area (Å²) in [5.74, 6) is 1.49. The summed E-state index contributed by atoms with van der Waals surface area (Å²) in [5, 5.41) is 3.09. The summed E-state index contributed by atoms with van der Waals surface area (Å²) in [7, 11) is 0. The third-order valence-electron chi connectivity index (χ3n) is 3.42. The minimum Gasteiger partial charge on any atom is -0.481 e. The summed E-state index contributed by atoms with van der Waals surface area (Å²) in [6.45, 7) is 12.3. The van der Waals surface area contributed by atoms with Crippen molar-refractivity contribution < 1.29 is 9.53 Å². The second-order valence-corrected chi connectivity index (χ2v) is 6.10. The molecule has 1 atom stereocenters. The Morgan fingerprint density at radius 2 is 1.70 bits per heavy atom. The first-order chi connectivity index (χ1) is 9.31. The molecule has 1 aromatic rings. The van der Waals surface area contributed by atoms with Gasteiger partial charge in [0.25, 0.3) is 5.91 Å². The first-order valence-electron chi connectivity index (χ1n) is 7.35. The van der Waals surface area contributed by atoms with Gasteiger partial charge in [-0.3, -0.25) is 4.79 Å². The third kappa shape index (κ3) is 4.87. The Labute approximate surface area is 122 Å². The number of ether oxygens (including phenoxy) is 1. The highest BCUT2D eigenvalue weighted by Crippen LogP contribution is 2.16. The molecule has 0 aliphatic rings. The molecule has 0 saturated heterocycles. The highest BCUT2D eigenvalue weighted by Gasteiger charge is 2.23. The maximum absolute atomic E-state index is 12.2. The maximum atomic E-state index is 12.2. The molecule has 0 saturated carbocycles. The minimum absolute atomic E-state index is 0.0566. The van der Waals surface area contributed by atoms with Crippen molar-refractivity contribution in [3.63, 3.8) is 0 Å². The van der Waals surface area contributed by atoms with Gasteiger partial charge in [0, 0.05) is 6.04 Å². The highest BCUT2D eigenvalue weighted by molar-refractivity contribution is 5.81. The Morgan fingerprint density at radius 1 is 1.10 bits per heavy atom. The fourth-order valence-electron chi connectivity index (χ4n) is 2.33. The lowest BCUT2D eigenvalue weighted by atomic mass is 9.93. The molecule has 0 fully saturated rings. The van der Waals surface area contributed by atoms with Crippen molar-refractivity contribution >= 4 is 5.91 Å². The van der Waals surface area contributed by atoms with Gasteiger partial charge >= 0.3 is 0 Å². The zero-order valence-electron chi connectivity index (χ0n) is 13.4. The van der Waals surface area contributed by atoms with Gasteiger partial charge in [0.1, 0.15) is 5.75 Å². The Morgan fingerprint density at radius 3 is 2.20 bits per heavy atom. The van der Waals surface area contributed by atoms with Crippen LogP contribution in [0.15, 0.2) is 24.3 Å². The summed E-state index contributed by atoms with van der Waals surface area (Å²) >= 11 is 0. The van der Waals surface area contributed by atoms with E-state index in [1.54, 1.807) is 6.92 Å². The van der Waals surface area contributed by atoms with Crippen molar-refractivity contribution in [1.82, 2.24) is 5.32 Å². The van der Waals surface area contributed by atoms with E-state index in [-0.39, 0.29) is 11.9 Å². The van der Waals surface area contributed by atoms with Crippen LogP contribution in [-0.2, 0) is 4.79 Å². The zero-order chi connectivity index (χ0) is 15.3. The second-order valence-electron chi connectivity index (χ2n) is 6.10. The lowest BCUT2D eigenvalue weighted by molar-refractivity contribution is -0.128. The van der Waals surface area contributed by atoms with E-state index in [9.17, 15) is 4.79 Å². The highest BCUT2D eigenvalue weighted by atomic mass is 16.5. The Kier molecular flexibility index (Phi) is 6.05. The van der Waals surface area contributed by atoms with E-state index in [2.05, 4.69) is 33.0 Å². The number of carbonyl (C=O) groups is 1. The molecule has 0 unspecified atom stereocenters. The summed E-state index contributed by atoms with van der Waals surface area (Å²) < 4.78 is 5.71. The van der Waals surface area contributed by atoms with Gasteiger partial charge in [0.05, 0.1) is 0 Å². The number of benzene rings is 1. The fraction of sp³-hybridized carbons (Fsp3) is 0.588. The van der Waals surface area contributed by atoms with E-state index < -0.39 is 6.10 Å². The smallest absolute Gasteiger partial charge is 0.261 e. The molecule has 112 valence electrons. The van der Waals surface area contributed by atoms with E-state index >= 15 is 0 Å². The Bertz CT molecular complexity index is 432. The molecular formula is C17H27NO2. The maximum Gasteiger partial charge on any atom is 0.261 e. The molecule has 0 radical (unpaired) electrons. The molecule has 20 heavy (non-hydrogen) atoms. The van der Waals surface area contributed by atoms with Crippen molar-refractivity contribution in [1.29, 1.82) is 0 Å². The minimum atomic E-state index is -0.489. The van der Waals surface area contributed by atoms with E-state index in [1.165, 1.54) is 0 Å². The van der Waals surface area contributed by atoms with Crippen molar-refractivity contribution in [3.8, 4) is 5.75 Å². The Hall–Kier alpha value is -1.51. The van der Waals surface area contributed by atoms with Crippen LogP contribution in [0.25, 0.3) is 0 Å². The lowest BCUT2D eigenvalue weighted by Gasteiger charge is -2.27. The van der Waals surface area contributed by atoms with Crippen LogP contribution in [0.3, 0.4) is 0 Å². The van der Waals surface area contributed by atoms with Crippen LogP contribution in [0.2, 0.25) is 0 Å². The molecule has 1 rings (SSSR count). The molecule has 0 aliphatic heterocycles. The second kappa shape index (κ2) is 7.32. The van der Waals surface area contributed by atoms with Gasteiger partial charge in [-0.05, 0) is 43.4 Å². The first kappa shape index (κ1) is 16.5. The van der Waals surface area contributed by atoms with Gasteiger partial charge < -0.3 is 10.1 Å². The summed E-state index contributed by atoms with van der Waals surface area (Å²) in [6, 6.07) is 7.92. The Balaban J connectivity index is 2.63. The predicted molar refractivity (Wildman–Crippen MR) is 82.9 cm³/mol. The van der Waals surface area contributed by atoms with Crippen molar-refractivity contribution in [2.45, 2.75) is 53.7 Å². The first-order valence-corrected chi connectivity index (χ1v) is 7.35. The number of rotatable bonds is 6. The van der Waals surface area contributed by atoms with Gasteiger partial charge in [-0.2, -0.15) is 0 Å². The van der Waals surface area contributed by atoms with E-state index in [0.29, 0.717) is 11.8 Å². The number of hydrogen-bond donors (Lipinski definition) is 1. The zero-order valence-corrected chi connectivity index (χ0v) is 13.4. The fourth-order valence-corrected chi connectivity index (χ4v) is 2.33. The number of hydrogen-bond acceptors (Lipinski definition) is 2. The quantitative estimate of drug-likeness (QED) is 0.863. The summed E-state index contributed by atoms with van der Waals surface area (Å²) in [6.07, 6.45) is -0.489. The molecule has 0 heterocycles. The molecule has 0 aliphatic carbocycles. The van der Waals surface area contributed by atoms with Gasteiger partial charge in [-0.15, -0.1) is 0 Å².